The third-order valence-electron chi connectivity index (χ3n) is 3.75. The topological polar surface area (TPSA) is 63.2 Å². The number of hydrogen-bond donors (Lipinski definition) is 1. The van der Waals surface area contributed by atoms with Crippen LogP contribution < -0.4 is 5.32 Å². The molecule has 0 aliphatic rings. The van der Waals surface area contributed by atoms with E-state index < -0.39 is 9.84 Å². The van der Waals surface area contributed by atoms with Gasteiger partial charge in [-0.1, -0.05) is 37.3 Å². The van der Waals surface area contributed by atoms with E-state index >= 15 is 0 Å². The van der Waals surface area contributed by atoms with Crippen LogP contribution in [-0.2, 0) is 16.3 Å². The van der Waals surface area contributed by atoms with Crippen molar-refractivity contribution in [1.29, 1.82) is 0 Å². The lowest BCUT2D eigenvalue weighted by molar-refractivity contribution is 0.0953. The molecule has 0 unspecified atom stereocenters. The summed E-state index contributed by atoms with van der Waals surface area (Å²) in [5.41, 5.74) is 2.61. The Hall–Kier alpha value is -2.14. The molecular formula is C18H21NO3S. The Labute approximate surface area is 137 Å². The van der Waals surface area contributed by atoms with Crippen molar-refractivity contribution in [3.8, 4) is 0 Å². The second-order valence-electron chi connectivity index (χ2n) is 5.37. The third kappa shape index (κ3) is 4.42. The SMILES string of the molecule is CCS(=O)(=O)c1ccc(CCNC(=O)c2ccccc2C)cc1. The van der Waals surface area contributed by atoms with E-state index in [2.05, 4.69) is 5.32 Å². The number of carbonyl (C=O) groups excluding carboxylic acids is 1. The smallest absolute Gasteiger partial charge is 0.251 e. The Morgan fingerprint density at radius 2 is 1.70 bits per heavy atom. The van der Waals surface area contributed by atoms with Crippen molar-refractivity contribution in [3.63, 3.8) is 0 Å². The van der Waals surface area contributed by atoms with E-state index in [-0.39, 0.29) is 11.7 Å². The van der Waals surface area contributed by atoms with Crippen LogP contribution in [0.4, 0.5) is 0 Å². The molecule has 2 rings (SSSR count). The quantitative estimate of drug-likeness (QED) is 0.885. The summed E-state index contributed by atoms with van der Waals surface area (Å²) < 4.78 is 23.5. The summed E-state index contributed by atoms with van der Waals surface area (Å²) in [6, 6.07) is 14.3. The average Bonchev–Trinajstić information content (AvgIpc) is 2.55. The highest BCUT2D eigenvalue weighted by atomic mass is 32.2. The fraction of sp³-hybridized carbons (Fsp3) is 0.278. The largest absolute Gasteiger partial charge is 0.352 e. The number of rotatable bonds is 6. The Balaban J connectivity index is 1.92. The summed E-state index contributed by atoms with van der Waals surface area (Å²) in [5, 5.41) is 2.89. The van der Waals surface area contributed by atoms with Crippen LogP contribution in [0, 0.1) is 6.92 Å². The predicted molar refractivity (Wildman–Crippen MR) is 91.4 cm³/mol. The molecule has 0 spiro atoms. The predicted octanol–water partition coefficient (Wildman–Crippen LogP) is 2.76. The van der Waals surface area contributed by atoms with Crippen molar-refractivity contribution in [2.75, 3.05) is 12.3 Å². The van der Waals surface area contributed by atoms with Gasteiger partial charge >= 0.3 is 0 Å². The maximum Gasteiger partial charge on any atom is 0.251 e. The van der Waals surface area contributed by atoms with E-state index in [0.717, 1.165) is 11.1 Å². The lowest BCUT2D eigenvalue weighted by Gasteiger charge is -2.08. The van der Waals surface area contributed by atoms with Gasteiger partial charge in [-0.3, -0.25) is 4.79 Å². The van der Waals surface area contributed by atoms with Gasteiger partial charge in [-0.15, -0.1) is 0 Å². The van der Waals surface area contributed by atoms with E-state index in [1.807, 2.05) is 25.1 Å². The number of hydrogen-bond acceptors (Lipinski definition) is 3. The summed E-state index contributed by atoms with van der Waals surface area (Å²) in [6.07, 6.45) is 0.657. The monoisotopic (exact) mass is 331 g/mol. The van der Waals surface area contributed by atoms with Crippen molar-refractivity contribution in [2.45, 2.75) is 25.2 Å². The Kier molecular flexibility index (Phi) is 5.55. The fourth-order valence-corrected chi connectivity index (χ4v) is 3.16. The van der Waals surface area contributed by atoms with Crippen LogP contribution in [0.3, 0.4) is 0 Å². The molecule has 0 heterocycles. The molecule has 0 radical (unpaired) electrons. The van der Waals surface area contributed by atoms with Gasteiger partial charge in [-0.2, -0.15) is 0 Å². The first-order valence-corrected chi connectivity index (χ1v) is 9.25. The van der Waals surface area contributed by atoms with Gasteiger partial charge in [0.05, 0.1) is 10.6 Å². The third-order valence-corrected chi connectivity index (χ3v) is 5.50. The molecule has 1 amide bonds. The van der Waals surface area contributed by atoms with E-state index in [9.17, 15) is 13.2 Å². The van der Waals surface area contributed by atoms with Crippen LogP contribution in [0.1, 0.15) is 28.4 Å². The minimum atomic E-state index is -3.16. The van der Waals surface area contributed by atoms with Gasteiger partial charge < -0.3 is 5.32 Å². The Morgan fingerprint density at radius 1 is 1.04 bits per heavy atom. The first-order valence-electron chi connectivity index (χ1n) is 7.59. The van der Waals surface area contributed by atoms with Gasteiger partial charge in [0.2, 0.25) is 0 Å². The molecule has 0 saturated heterocycles. The molecule has 4 nitrogen and oxygen atoms in total. The lowest BCUT2D eigenvalue weighted by Crippen LogP contribution is -2.26. The Morgan fingerprint density at radius 3 is 2.30 bits per heavy atom. The summed E-state index contributed by atoms with van der Waals surface area (Å²) in [7, 11) is -3.16. The zero-order valence-electron chi connectivity index (χ0n) is 13.4. The number of sulfone groups is 1. The van der Waals surface area contributed by atoms with E-state index in [1.165, 1.54) is 0 Å². The van der Waals surface area contributed by atoms with Crippen molar-refractivity contribution in [1.82, 2.24) is 5.32 Å². The fourth-order valence-electron chi connectivity index (χ4n) is 2.27. The number of amides is 1. The highest BCUT2D eigenvalue weighted by molar-refractivity contribution is 7.91. The number of nitrogens with one attached hydrogen (secondary N) is 1. The van der Waals surface area contributed by atoms with Crippen molar-refractivity contribution < 1.29 is 13.2 Å². The average molecular weight is 331 g/mol. The molecular weight excluding hydrogens is 310 g/mol. The number of benzene rings is 2. The molecule has 5 heteroatoms. The lowest BCUT2D eigenvalue weighted by atomic mass is 10.1. The molecule has 1 N–H and O–H groups in total. The maximum absolute atomic E-state index is 12.1. The Bertz CT molecular complexity index is 780. The van der Waals surface area contributed by atoms with Crippen molar-refractivity contribution in [2.24, 2.45) is 0 Å². The van der Waals surface area contributed by atoms with Crippen LogP contribution in [0.25, 0.3) is 0 Å². The second-order valence-corrected chi connectivity index (χ2v) is 7.65. The molecule has 122 valence electrons. The van der Waals surface area contributed by atoms with Gasteiger partial charge in [0.1, 0.15) is 0 Å². The van der Waals surface area contributed by atoms with Gasteiger partial charge in [0.25, 0.3) is 5.91 Å². The minimum Gasteiger partial charge on any atom is -0.352 e. The highest BCUT2D eigenvalue weighted by Crippen LogP contribution is 2.12. The molecule has 2 aromatic rings. The highest BCUT2D eigenvalue weighted by Gasteiger charge is 2.11. The molecule has 0 aliphatic heterocycles. The normalized spacial score (nSPS) is 11.2. The molecule has 23 heavy (non-hydrogen) atoms. The molecule has 0 atom stereocenters. The number of aryl methyl sites for hydroxylation is 1. The van der Waals surface area contributed by atoms with Crippen molar-refractivity contribution >= 4 is 15.7 Å². The second kappa shape index (κ2) is 7.42. The van der Waals surface area contributed by atoms with Crippen LogP contribution >= 0.6 is 0 Å². The minimum absolute atomic E-state index is 0.0896. The first kappa shape index (κ1) is 17.2. The van der Waals surface area contributed by atoms with Crippen LogP contribution in [0.5, 0.6) is 0 Å². The summed E-state index contributed by atoms with van der Waals surface area (Å²) in [6.45, 7) is 4.04. The maximum atomic E-state index is 12.1. The summed E-state index contributed by atoms with van der Waals surface area (Å²) in [4.78, 5) is 12.4. The van der Waals surface area contributed by atoms with Gasteiger partial charge in [0, 0.05) is 12.1 Å². The van der Waals surface area contributed by atoms with Gasteiger partial charge in [0.15, 0.2) is 9.84 Å². The van der Waals surface area contributed by atoms with E-state index in [0.29, 0.717) is 23.4 Å². The van der Waals surface area contributed by atoms with Crippen LogP contribution in [0.2, 0.25) is 0 Å². The standard InChI is InChI=1S/C18H21NO3S/c1-3-23(21,22)16-10-8-15(9-11-16)12-13-19-18(20)17-7-5-4-6-14(17)2/h4-11H,3,12-13H2,1-2H3,(H,19,20). The number of carbonyl (C=O) groups is 1. The first-order chi connectivity index (χ1) is 10.9. The van der Waals surface area contributed by atoms with Gasteiger partial charge in [-0.05, 0) is 42.7 Å². The zero-order valence-corrected chi connectivity index (χ0v) is 14.2. The van der Waals surface area contributed by atoms with E-state index in [4.69, 9.17) is 0 Å². The van der Waals surface area contributed by atoms with E-state index in [1.54, 1.807) is 37.3 Å². The zero-order chi connectivity index (χ0) is 16.9. The summed E-state index contributed by atoms with van der Waals surface area (Å²) in [5.74, 6) is 0.00651. The molecule has 0 bridgehead atoms. The molecule has 0 aromatic heterocycles. The van der Waals surface area contributed by atoms with Crippen molar-refractivity contribution in [3.05, 3.63) is 65.2 Å². The molecule has 2 aromatic carbocycles. The summed E-state index contributed by atoms with van der Waals surface area (Å²) >= 11 is 0. The molecule has 0 aliphatic carbocycles. The molecule has 0 fully saturated rings. The van der Waals surface area contributed by atoms with Gasteiger partial charge in [-0.25, -0.2) is 8.42 Å². The molecule has 0 saturated carbocycles. The van der Waals surface area contributed by atoms with Crippen LogP contribution in [0.15, 0.2) is 53.4 Å². The van der Waals surface area contributed by atoms with Crippen LogP contribution in [-0.4, -0.2) is 26.6 Å².